The van der Waals surface area contributed by atoms with Gasteiger partial charge in [0.25, 0.3) is 0 Å². The highest BCUT2D eigenvalue weighted by Crippen LogP contribution is 2.32. The molecule has 1 aromatic carbocycles. The first-order valence-corrected chi connectivity index (χ1v) is 21.4. The van der Waals surface area contributed by atoms with Crippen molar-refractivity contribution in [1.29, 1.82) is 0 Å². The molecule has 2 aromatic rings. The molecule has 0 saturated carbocycles. The lowest BCUT2D eigenvalue weighted by molar-refractivity contribution is -0.179. The molecule has 4 fully saturated rings. The Morgan fingerprint density at radius 2 is 1.47 bits per heavy atom. The Hall–Kier alpha value is -5.26. The molecule has 0 bridgehead atoms. The number of benzene rings is 1. The zero-order valence-electron chi connectivity index (χ0n) is 37.9. The number of likely N-dealkylation sites (tertiary alicyclic amines) is 1. The zero-order valence-corrected chi connectivity index (χ0v) is 38.7. The maximum Gasteiger partial charge on any atom is 0.353 e. The maximum absolute atomic E-state index is 12.9. The van der Waals surface area contributed by atoms with Crippen LogP contribution in [0.4, 0.5) is 0 Å². The molecule has 4 amide bonds. The third-order valence-corrected chi connectivity index (χ3v) is 11.4. The van der Waals surface area contributed by atoms with Crippen molar-refractivity contribution < 1.29 is 68.2 Å². The van der Waals surface area contributed by atoms with Crippen molar-refractivity contribution in [3.63, 3.8) is 0 Å². The van der Waals surface area contributed by atoms with E-state index < -0.39 is 41.0 Å². The summed E-state index contributed by atoms with van der Waals surface area (Å²) in [6, 6.07) is 4.26. The van der Waals surface area contributed by atoms with Crippen LogP contribution in [0.15, 0.2) is 28.7 Å². The van der Waals surface area contributed by atoms with Gasteiger partial charge in [-0.25, -0.2) is 9.78 Å². The molecular formula is C42H63N7O14S. The Morgan fingerprint density at radius 3 is 1.89 bits per heavy atom. The van der Waals surface area contributed by atoms with Crippen LogP contribution in [0.25, 0.3) is 0 Å². The van der Waals surface area contributed by atoms with Crippen LogP contribution in [0.3, 0.4) is 0 Å². The van der Waals surface area contributed by atoms with E-state index in [-0.39, 0.29) is 92.2 Å². The monoisotopic (exact) mass is 921 g/mol. The van der Waals surface area contributed by atoms with Crippen LogP contribution in [0.1, 0.15) is 71.2 Å². The molecule has 6 rings (SSSR count). The molecule has 0 radical (unpaired) electrons. The molecule has 4 saturated heterocycles. The number of nitrogens with two attached hydrogens (primary N) is 1. The van der Waals surface area contributed by atoms with Gasteiger partial charge in [-0.3, -0.25) is 24.0 Å². The summed E-state index contributed by atoms with van der Waals surface area (Å²) in [4.78, 5) is 80.7. The summed E-state index contributed by atoms with van der Waals surface area (Å²) in [5, 5.41) is 49.2. The Kier molecular flexibility index (Phi) is 19.1. The van der Waals surface area contributed by atoms with Gasteiger partial charge < -0.3 is 66.1 Å². The molecular weight excluding hydrogens is 859 g/mol. The molecule has 21 nitrogen and oxygen atoms in total. The number of hydrogen-bond acceptors (Lipinski definition) is 18. The molecule has 0 aliphatic carbocycles. The molecule has 9 N–H and O–H groups in total. The highest BCUT2D eigenvalue weighted by molar-refractivity contribution is 7.09. The highest BCUT2D eigenvalue weighted by Gasteiger charge is 2.44. The molecule has 4 aliphatic heterocycles. The first kappa shape index (κ1) is 53.1. The van der Waals surface area contributed by atoms with Crippen molar-refractivity contribution in [2.75, 3.05) is 40.6 Å². The number of ketones is 1. The third kappa shape index (κ3) is 13.6. The van der Waals surface area contributed by atoms with Gasteiger partial charge in [0, 0.05) is 30.0 Å². The van der Waals surface area contributed by atoms with Crippen molar-refractivity contribution in [3.8, 4) is 11.5 Å². The second kappa shape index (κ2) is 23.1. The van der Waals surface area contributed by atoms with Crippen LogP contribution in [0.2, 0.25) is 0 Å². The number of esters is 1. The minimum absolute atomic E-state index is 0.00855. The SMILES string of the molecule is COc1ccc(CN2C(=O)[C@@H](C)[C@H]2CO)c(OC)c1.C[C@@H]1C(=O)N[C@@H]1CO.Cc1nc(/C(=N/OC(C)(C)C(=O)OC(C)(C)C)C(=O)C[C@@H]2C(=O)N[C@@H]2CO)cs1.N[C@@H]1C(=O)N[C@@H]1CO. The number of oxime groups is 1. The van der Waals surface area contributed by atoms with Gasteiger partial charge >= 0.3 is 5.97 Å². The average Bonchev–Trinajstić information content (AvgIpc) is 3.70. The van der Waals surface area contributed by atoms with Crippen LogP contribution in [0.5, 0.6) is 11.5 Å². The number of amides is 4. The number of methoxy groups -OCH3 is 2. The second-order valence-corrected chi connectivity index (χ2v) is 18.0. The number of hydrogen-bond donors (Lipinski definition) is 8. The van der Waals surface area contributed by atoms with E-state index in [2.05, 4.69) is 26.1 Å². The lowest BCUT2D eigenvalue weighted by atomic mass is 9.85. The van der Waals surface area contributed by atoms with Gasteiger partial charge in [-0.2, -0.15) is 0 Å². The molecule has 22 heteroatoms. The fourth-order valence-corrected chi connectivity index (χ4v) is 6.83. The number of nitrogens with one attached hydrogen (secondary N) is 3. The van der Waals surface area contributed by atoms with E-state index in [1.165, 1.54) is 25.2 Å². The van der Waals surface area contributed by atoms with Gasteiger partial charge in [0.1, 0.15) is 28.8 Å². The quantitative estimate of drug-likeness (QED) is 0.0475. The fourth-order valence-electron chi connectivity index (χ4n) is 6.23. The number of carbonyl (C=O) groups is 6. The van der Waals surface area contributed by atoms with Crippen molar-refractivity contribution in [2.24, 2.45) is 28.6 Å². The van der Waals surface area contributed by atoms with Crippen LogP contribution in [-0.4, -0.2) is 153 Å². The van der Waals surface area contributed by atoms with E-state index in [0.717, 1.165) is 10.6 Å². The Morgan fingerprint density at radius 1 is 0.859 bits per heavy atom. The van der Waals surface area contributed by atoms with Crippen molar-refractivity contribution in [2.45, 2.75) is 110 Å². The third-order valence-electron chi connectivity index (χ3n) is 10.6. The lowest BCUT2D eigenvalue weighted by Gasteiger charge is -2.45. The van der Waals surface area contributed by atoms with E-state index in [0.29, 0.717) is 23.7 Å². The number of thiazole rings is 1. The predicted molar refractivity (Wildman–Crippen MR) is 232 cm³/mol. The number of carbonyl (C=O) groups excluding carboxylic acids is 6. The number of aliphatic hydroxyl groups excluding tert-OH is 4. The van der Waals surface area contributed by atoms with Gasteiger partial charge in [-0.1, -0.05) is 19.0 Å². The lowest BCUT2D eigenvalue weighted by Crippen LogP contribution is -2.68. The number of aliphatic hydroxyl groups is 4. The summed E-state index contributed by atoms with van der Waals surface area (Å²) in [5.74, 6) is -0.801. The zero-order chi connectivity index (χ0) is 48.3. The van der Waals surface area contributed by atoms with E-state index >= 15 is 0 Å². The van der Waals surface area contributed by atoms with Gasteiger partial charge in [-0.15, -0.1) is 11.3 Å². The van der Waals surface area contributed by atoms with Gasteiger partial charge in [0.2, 0.25) is 29.2 Å². The van der Waals surface area contributed by atoms with Crippen LogP contribution < -0.4 is 31.2 Å². The molecule has 1 aromatic heterocycles. The Labute approximate surface area is 376 Å². The van der Waals surface area contributed by atoms with Gasteiger partial charge in [0.15, 0.2) is 11.5 Å². The van der Waals surface area contributed by atoms with E-state index in [1.807, 2.05) is 19.1 Å². The first-order chi connectivity index (χ1) is 30.0. The van der Waals surface area contributed by atoms with Gasteiger partial charge in [-0.05, 0) is 53.7 Å². The molecule has 356 valence electrons. The second-order valence-electron chi connectivity index (χ2n) is 16.9. The molecule has 0 unspecified atom stereocenters. The van der Waals surface area contributed by atoms with E-state index in [9.17, 15) is 39.0 Å². The van der Waals surface area contributed by atoms with E-state index in [1.54, 1.807) is 65.2 Å². The number of rotatable bonds is 15. The van der Waals surface area contributed by atoms with Crippen LogP contribution in [-0.2, 0) is 44.9 Å². The van der Waals surface area contributed by atoms with Gasteiger partial charge in [0.05, 0.1) is 87.6 Å². The first-order valence-electron chi connectivity index (χ1n) is 20.5. The topological polar surface area (TPSA) is 311 Å². The normalized spacial score (nSPS) is 24.6. The molecule has 0 spiro atoms. The number of aromatic nitrogens is 1. The maximum atomic E-state index is 12.9. The van der Waals surface area contributed by atoms with Crippen LogP contribution in [0, 0.1) is 24.7 Å². The summed E-state index contributed by atoms with van der Waals surface area (Å²) in [6.07, 6.45) is -0.150. The number of aryl methyl sites for hydroxylation is 1. The summed E-state index contributed by atoms with van der Waals surface area (Å²) < 4.78 is 15.8. The fraction of sp³-hybridized carbons (Fsp3) is 0.619. The summed E-state index contributed by atoms with van der Waals surface area (Å²) >= 11 is 1.33. The molecule has 64 heavy (non-hydrogen) atoms. The average molecular weight is 922 g/mol. The summed E-state index contributed by atoms with van der Waals surface area (Å²) in [5.41, 5.74) is 4.19. The highest BCUT2D eigenvalue weighted by atomic mass is 32.1. The standard InChI is InChI=1S/C19H27N3O6S.C14H19NO4.C5H9NO2.C4H8N2O2/c1-10-20-13(9-29-10)15(14(24)7-11-12(8-23)21-16(11)25)22-28-19(5,6)17(26)27-18(2,3)4;1-9-12(8-16)15(14(9)17)7-10-4-5-11(18-2)6-13(10)19-3;1-3-4(2-7)6-5(3)8;5-3-2(1-7)6-4(3)8/h9,11-12,23H,7-8H2,1-6H3,(H,21,25);4-6,9,12,16H,7-8H2,1-3H3;3-4,7H,2H2,1H3,(H,6,8);2-3,7H,1,5H2,(H,6,8)/b22-15-;;;/t11-,12+;9-,12+;3-,4+;2-,3+/m0001/s1. The number of Topliss-reactive ketones (excluding diaryl/α,β-unsaturated/α-hetero) is 1. The largest absolute Gasteiger partial charge is 0.497 e. The summed E-state index contributed by atoms with van der Waals surface area (Å²) in [7, 11) is 3.18. The van der Waals surface area contributed by atoms with Crippen molar-refractivity contribution in [3.05, 3.63) is 39.8 Å². The van der Waals surface area contributed by atoms with Crippen molar-refractivity contribution in [1.82, 2.24) is 25.8 Å². The molecule has 5 heterocycles. The predicted octanol–water partition coefficient (Wildman–Crippen LogP) is -0.681. The smallest absolute Gasteiger partial charge is 0.353 e. The van der Waals surface area contributed by atoms with Crippen LogP contribution >= 0.6 is 11.3 Å². The Balaban J connectivity index is 0.000000262. The van der Waals surface area contributed by atoms with E-state index in [4.69, 9.17) is 35.0 Å². The van der Waals surface area contributed by atoms with Crippen molar-refractivity contribution >= 4 is 52.4 Å². The molecule has 4 aliphatic rings. The minimum Gasteiger partial charge on any atom is -0.497 e. The number of β-lactam (4-membered cyclic amide) rings is 4. The number of ether oxygens (including phenoxy) is 3. The molecule has 8 atom stereocenters. The Bertz CT molecular complexity index is 1980. The minimum atomic E-state index is -1.44. The summed E-state index contributed by atoms with van der Waals surface area (Å²) in [6.45, 7) is 13.8. The number of nitrogens with zero attached hydrogens (tertiary/aromatic N) is 3.